The maximum absolute atomic E-state index is 13.1. The summed E-state index contributed by atoms with van der Waals surface area (Å²) in [5, 5.41) is 2.41. The first-order valence-corrected chi connectivity index (χ1v) is 13.5. The fraction of sp³-hybridized carbons (Fsp3) is 0.222. The van der Waals surface area contributed by atoms with Gasteiger partial charge in [-0.1, -0.05) is 30.3 Å². The number of nitrogens with one attached hydrogen (secondary N) is 2. The standard InChI is InChI=1S/C27H26N4O5S/c28-25(32)26(33)29-21-5-1-3-20(15-21)17-9-12-23(13-10-17)37(35,36)30-22-11-8-18-4-2-14-31(24(18)16-22)27(34)19-6-7-19/h1,3,5,8-13,15-16,19,30H,2,4,6-7,14H2,(H2,28,32)(H,29,33). The summed E-state index contributed by atoms with van der Waals surface area (Å²) in [7, 11) is -3.88. The Bertz CT molecular complexity index is 1500. The molecule has 5 rings (SSSR count). The molecule has 3 aromatic carbocycles. The van der Waals surface area contributed by atoms with Crippen molar-refractivity contribution in [2.75, 3.05) is 21.5 Å². The average molecular weight is 519 g/mol. The van der Waals surface area contributed by atoms with E-state index in [1.54, 1.807) is 53.4 Å². The molecule has 2 aliphatic rings. The number of nitrogens with zero attached hydrogens (tertiary/aromatic N) is 1. The van der Waals surface area contributed by atoms with Crippen molar-refractivity contribution in [2.45, 2.75) is 30.6 Å². The van der Waals surface area contributed by atoms with Gasteiger partial charge in [-0.05, 0) is 78.8 Å². The zero-order chi connectivity index (χ0) is 26.2. The molecule has 1 saturated carbocycles. The van der Waals surface area contributed by atoms with Crippen molar-refractivity contribution < 1.29 is 22.8 Å². The maximum atomic E-state index is 13.1. The van der Waals surface area contributed by atoms with Gasteiger partial charge in [-0.3, -0.25) is 19.1 Å². The van der Waals surface area contributed by atoms with E-state index in [-0.39, 0.29) is 16.7 Å². The molecule has 0 unspecified atom stereocenters. The SMILES string of the molecule is NC(=O)C(=O)Nc1cccc(-c2ccc(S(=O)(=O)Nc3ccc4c(c3)N(C(=O)C3CC3)CCC4)cc2)c1. The largest absolute Gasteiger partial charge is 0.361 e. The lowest BCUT2D eigenvalue weighted by molar-refractivity contribution is -0.134. The van der Waals surface area contributed by atoms with Crippen LogP contribution in [-0.4, -0.2) is 32.7 Å². The number of sulfonamides is 1. The Balaban J connectivity index is 1.34. The van der Waals surface area contributed by atoms with Gasteiger partial charge >= 0.3 is 11.8 Å². The van der Waals surface area contributed by atoms with Crippen molar-refractivity contribution in [2.24, 2.45) is 11.7 Å². The Labute approximate surface area is 214 Å². The number of primary amides is 1. The van der Waals surface area contributed by atoms with Gasteiger partial charge in [0.15, 0.2) is 0 Å². The molecule has 1 fully saturated rings. The molecule has 1 aliphatic carbocycles. The fourth-order valence-corrected chi connectivity index (χ4v) is 5.48. The average Bonchev–Trinajstić information content (AvgIpc) is 3.73. The second-order valence-electron chi connectivity index (χ2n) is 9.24. The first kappa shape index (κ1) is 24.5. The second-order valence-corrected chi connectivity index (χ2v) is 10.9. The molecule has 1 heterocycles. The van der Waals surface area contributed by atoms with E-state index in [2.05, 4.69) is 10.0 Å². The van der Waals surface area contributed by atoms with Gasteiger partial charge < -0.3 is 16.0 Å². The summed E-state index contributed by atoms with van der Waals surface area (Å²) in [6.07, 6.45) is 3.58. The number of hydrogen-bond donors (Lipinski definition) is 3. The number of amides is 3. The summed E-state index contributed by atoms with van der Waals surface area (Å²) in [4.78, 5) is 37.2. The molecule has 4 N–H and O–H groups in total. The molecule has 0 aromatic heterocycles. The molecule has 0 bridgehead atoms. The highest BCUT2D eigenvalue weighted by atomic mass is 32.2. The minimum absolute atomic E-state index is 0.0815. The Morgan fingerprint density at radius 3 is 2.35 bits per heavy atom. The lowest BCUT2D eigenvalue weighted by Crippen LogP contribution is -2.36. The molecule has 37 heavy (non-hydrogen) atoms. The van der Waals surface area contributed by atoms with Gasteiger partial charge in [0.25, 0.3) is 10.0 Å². The third-order valence-corrected chi connectivity index (χ3v) is 7.89. The van der Waals surface area contributed by atoms with E-state index in [1.165, 1.54) is 12.1 Å². The molecule has 9 nitrogen and oxygen atoms in total. The van der Waals surface area contributed by atoms with Gasteiger partial charge in [-0.2, -0.15) is 0 Å². The Morgan fingerprint density at radius 2 is 1.65 bits per heavy atom. The molecule has 0 atom stereocenters. The number of rotatable bonds is 6. The summed E-state index contributed by atoms with van der Waals surface area (Å²) in [6, 6.07) is 18.4. The van der Waals surface area contributed by atoms with E-state index < -0.39 is 21.8 Å². The smallest absolute Gasteiger partial charge is 0.313 e. The highest BCUT2D eigenvalue weighted by Gasteiger charge is 2.35. The zero-order valence-corrected chi connectivity index (χ0v) is 20.8. The predicted octanol–water partition coefficient (Wildman–Crippen LogP) is 3.27. The number of aryl methyl sites for hydroxylation is 1. The Hall–Kier alpha value is -4.18. The van der Waals surface area contributed by atoms with E-state index in [4.69, 9.17) is 5.73 Å². The van der Waals surface area contributed by atoms with Crippen molar-refractivity contribution in [1.82, 2.24) is 0 Å². The third kappa shape index (κ3) is 5.34. The summed E-state index contributed by atoms with van der Waals surface area (Å²) >= 11 is 0. The number of hydrogen-bond acceptors (Lipinski definition) is 5. The molecule has 10 heteroatoms. The summed E-state index contributed by atoms with van der Waals surface area (Å²) in [5.41, 5.74) is 9.03. The normalized spacial score (nSPS) is 15.0. The minimum Gasteiger partial charge on any atom is -0.361 e. The molecule has 3 aromatic rings. The van der Waals surface area contributed by atoms with Gasteiger partial charge in [-0.25, -0.2) is 8.42 Å². The summed E-state index contributed by atoms with van der Waals surface area (Å²) in [6.45, 7) is 0.646. The van der Waals surface area contributed by atoms with Crippen LogP contribution in [0.3, 0.4) is 0 Å². The van der Waals surface area contributed by atoms with Crippen LogP contribution in [-0.2, 0) is 30.8 Å². The lowest BCUT2D eigenvalue weighted by atomic mass is 10.0. The van der Waals surface area contributed by atoms with Gasteiger partial charge in [-0.15, -0.1) is 0 Å². The number of nitrogens with two attached hydrogens (primary N) is 1. The van der Waals surface area contributed by atoms with Crippen LogP contribution in [0.2, 0.25) is 0 Å². The van der Waals surface area contributed by atoms with Gasteiger partial charge in [0.1, 0.15) is 0 Å². The molecular formula is C27H26N4O5S. The van der Waals surface area contributed by atoms with E-state index in [0.29, 0.717) is 23.5 Å². The van der Waals surface area contributed by atoms with E-state index in [9.17, 15) is 22.8 Å². The van der Waals surface area contributed by atoms with Crippen LogP contribution in [0.5, 0.6) is 0 Å². The predicted molar refractivity (Wildman–Crippen MR) is 140 cm³/mol. The zero-order valence-electron chi connectivity index (χ0n) is 19.9. The first-order chi connectivity index (χ1) is 17.7. The fourth-order valence-electron chi connectivity index (χ4n) is 4.43. The highest BCUT2D eigenvalue weighted by molar-refractivity contribution is 7.92. The monoisotopic (exact) mass is 518 g/mol. The van der Waals surface area contributed by atoms with Crippen molar-refractivity contribution >= 4 is 44.8 Å². The molecule has 0 spiro atoms. The third-order valence-electron chi connectivity index (χ3n) is 6.49. The van der Waals surface area contributed by atoms with Crippen molar-refractivity contribution in [1.29, 1.82) is 0 Å². The van der Waals surface area contributed by atoms with Gasteiger partial charge in [0.05, 0.1) is 10.6 Å². The number of anilines is 3. The van der Waals surface area contributed by atoms with Crippen LogP contribution in [0.4, 0.5) is 17.1 Å². The number of carbonyl (C=O) groups excluding carboxylic acids is 3. The van der Waals surface area contributed by atoms with Crippen LogP contribution in [0, 0.1) is 5.92 Å². The topological polar surface area (TPSA) is 139 Å². The van der Waals surface area contributed by atoms with Crippen LogP contribution >= 0.6 is 0 Å². The van der Waals surface area contributed by atoms with Crippen molar-refractivity contribution in [3.63, 3.8) is 0 Å². The quantitative estimate of drug-likeness (QED) is 0.430. The molecule has 190 valence electrons. The second kappa shape index (κ2) is 9.70. The Morgan fingerprint density at radius 1 is 0.892 bits per heavy atom. The molecule has 0 radical (unpaired) electrons. The van der Waals surface area contributed by atoms with Crippen molar-refractivity contribution in [3.8, 4) is 11.1 Å². The molecular weight excluding hydrogens is 492 g/mol. The van der Waals surface area contributed by atoms with Crippen LogP contribution in [0.15, 0.2) is 71.6 Å². The van der Waals surface area contributed by atoms with Crippen molar-refractivity contribution in [3.05, 3.63) is 72.3 Å². The van der Waals surface area contributed by atoms with Gasteiger partial charge in [0, 0.05) is 23.8 Å². The molecule has 3 amide bonds. The summed E-state index contributed by atoms with van der Waals surface area (Å²) < 4.78 is 28.8. The first-order valence-electron chi connectivity index (χ1n) is 12.0. The number of benzene rings is 3. The molecule has 1 aliphatic heterocycles. The van der Waals surface area contributed by atoms with E-state index >= 15 is 0 Å². The van der Waals surface area contributed by atoms with E-state index in [1.807, 2.05) is 6.07 Å². The van der Waals surface area contributed by atoms with Crippen LogP contribution < -0.4 is 20.7 Å². The highest BCUT2D eigenvalue weighted by Crippen LogP contribution is 2.37. The van der Waals surface area contributed by atoms with Gasteiger partial charge in [0.2, 0.25) is 5.91 Å². The number of carbonyl (C=O) groups is 3. The maximum Gasteiger partial charge on any atom is 0.313 e. The van der Waals surface area contributed by atoms with Crippen LogP contribution in [0.25, 0.3) is 11.1 Å². The minimum atomic E-state index is -3.88. The van der Waals surface area contributed by atoms with Crippen LogP contribution in [0.1, 0.15) is 24.8 Å². The summed E-state index contributed by atoms with van der Waals surface area (Å²) in [5.74, 6) is -1.81. The molecule has 0 saturated heterocycles. The Kier molecular flexibility index (Phi) is 6.43. The lowest BCUT2D eigenvalue weighted by Gasteiger charge is -2.30. The number of fused-ring (bicyclic) bond motifs is 1. The van der Waals surface area contributed by atoms with E-state index in [0.717, 1.165) is 42.5 Å².